The van der Waals surface area contributed by atoms with Gasteiger partial charge in [0, 0.05) is 40.3 Å². The van der Waals surface area contributed by atoms with Gasteiger partial charge in [-0.15, -0.1) is 22.7 Å². The third-order valence-electron chi connectivity index (χ3n) is 10.9. The predicted octanol–water partition coefficient (Wildman–Crippen LogP) is 15.7. The normalized spacial score (nSPS) is 11.9. The van der Waals surface area contributed by atoms with Crippen LogP contribution in [0.5, 0.6) is 0 Å². The summed E-state index contributed by atoms with van der Waals surface area (Å²) < 4.78 is 5.32. The van der Waals surface area contributed by atoms with E-state index in [0.29, 0.717) is 0 Å². The zero-order valence-electron chi connectivity index (χ0n) is 29.1. The Bertz CT molecular complexity index is 3040. The molecule has 11 aromatic rings. The highest BCUT2D eigenvalue weighted by Crippen LogP contribution is 2.48. The van der Waals surface area contributed by atoms with Crippen molar-refractivity contribution in [3.8, 4) is 44.5 Å². The van der Waals surface area contributed by atoms with E-state index < -0.39 is 0 Å². The lowest BCUT2D eigenvalue weighted by Gasteiger charge is -2.19. The van der Waals surface area contributed by atoms with Gasteiger partial charge in [0.05, 0.1) is 0 Å². The Balaban J connectivity index is 1.26. The SMILES string of the molecule is Cc1ccc(-c2c3ccccc3c(-c3cc(-c4cccc5c4sc4ccccc45)cc(-c4cccc5c4sc4ccccc45)c3)c3ccccc23)cc1. The summed E-state index contributed by atoms with van der Waals surface area (Å²) in [6, 6.07) is 65.7. The Morgan fingerprint density at radius 2 is 0.679 bits per heavy atom. The van der Waals surface area contributed by atoms with Crippen LogP contribution in [0.3, 0.4) is 0 Å². The molecule has 248 valence electrons. The van der Waals surface area contributed by atoms with Crippen LogP contribution in [-0.2, 0) is 0 Å². The second-order valence-corrected chi connectivity index (χ2v) is 16.2. The van der Waals surface area contributed by atoms with Crippen LogP contribution in [0.15, 0.2) is 176 Å². The van der Waals surface area contributed by atoms with Gasteiger partial charge in [-0.1, -0.05) is 151 Å². The summed E-state index contributed by atoms with van der Waals surface area (Å²) in [5.74, 6) is 0. The van der Waals surface area contributed by atoms with Crippen molar-refractivity contribution in [1.82, 2.24) is 0 Å². The van der Waals surface area contributed by atoms with Crippen molar-refractivity contribution in [2.75, 3.05) is 0 Å². The van der Waals surface area contributed by atoms with Gasteiger partial charge < -0.3 is 0 Å². The van der Waals surface area contributed by atoms with E-state index in [9.17, 15) is 0 Å². The number of hydrogen-bond donors (Lipinski definition) is 0. The van der Waals surface area contributed by atoms with Gasteiger partial charge in [-0.05, 0) is 103 Å². The van der Waals surface area contributed by atoms with Gasteiger partial charge in [-0.3, -0.25) is 0 Å². The molecule has 0 aliphatic heterocycles. The van der Waals surface area contributed by atoms with E-state index >= 15 is 0 Å². The minimum absolute atomic E-state index is 1.23. The maximum atomic E-state index is 2.45. The van der Waals surface area contributed by atoms with Crippen molar-refractivity contribution in [3.63, 3.8) is 0 Å². The zero-order valence-corrected chi connectivity index (χ0v) is 30.7. The molecule has 9 aromatic carbocycles. The minimum Gasteiger partial charge on any atom is -0.135 e. The minimum atomic E-state index is 1.23. The standard InChI is InChI=1S/C51H32S2/c1-31-24-26-32(27-25-31)48-40-14-2-4-16-42(40)49(43-17-5-3-15-41(43)48)35-29-33(36-18-10-20-44-38-12-6-8-22-46(38)52-50(36)44)28-34(30-35)37-19-11-21-45-39-13-7-9-23-47(39)53-51(37)45/h2-30H,1H3. The van der Waals surface area contributed by atoms with Crippen molar-refractivity contribution in [2.24, 2.45) is 0 Å². The van der Waals surface area contributed by atoms with Gasteiger partial charge >= 0.3 is 0 Å². The first kappa shape index (κ1) is 30.6. The predicted molar refractivity (Wildman–Crippen MR) is 234 cm³/mol. The van der Waals surface area contributed by atoms with E-state index in [0.717, 1.165) is 0 Å². The van der Waals surface area contributed by atoms with E-state index in [4.69, 9.17) is 0 Å². The molecule has 2 heteroatoms. The van der Waals surface area contributed by atoms with Gasteiger partial charge in [0.15, 0.2) is 0 Å². The number of fused-ring (bicyclic) bond motifs is 8. The van der Waals surface area contributed by atoms with Crippen LogP contribution in [0.25, 0.3) is 106 Å². The van der Waals surface area contributed by atoms with Crippen LogP contribution >= 0.6 is 22.7 Å². The Labute approximate surface area is 315 Å². The summed E-state index contributed by atoms with van der Waals surface area (Å²) in [5, 5.41) is 10.4. The number of benzene rings is 9. The van der Waals surface area contributed by atoms with Gasteiger partial charge in [-0.2, -0.15) is 0 Å². The summed E-state index contributed by atoms with van der Waals surface area (Å²) in [7, 11) is 0. The molecule has 11 rings (SSSR count). The third kappa shape index (κ3) is 4.80. The number of thiophene rings is 2. The summed E-state index contributed by atoms with van der Waals surface area (Å²) in [6.45, 7) is 2.16. The van der Waals surface area contributed by atoms with E-state index in [1.807, 2.05) is 22.7 Å². The molecule has 0 aliphatic rings. The molecule has 0 N–H and O–H groups in total. The second-order valence-electron chi connectivity index (χ2n) is 14.1. The lowest BCUT2D eigenvalue weighted by atomic mass is 9.84. The number of rotatable bonds is 4. The highest BCUT2D eigenvalue weighted by Gasteiger charge is 2.20. The largest absolute Gasteiger partial charge is 0.135 e. The van der Waals surface area contributed by atoms with Crippen LogP contribution < -0.4 is 0 Å². The van der Waals surface area contributed by atoms with Crippen molar-refractivity contribution >= 4 is 84.6 Å². The first-order valence-electron chi connectivity index (χ1n) is 18.2. The van der Waals surface area contributed by atoms with Crippen molar-refractivity contribution in [1.29, 1.82) is 0 Å². The smallest absolute Gasteiger partial charge is 0.0433 e. The van der Waals surface area contributed by atoms with E-state index in [-0.39, 0.29) is 0 Å². The summed E-state index contributed by atoms with van der Waals surface area (Å²) >= 11 is 3.80. The second kappa shape index (κ2) is 12.0. The van der Waals surface area contributed by atoms with Crippen molar-refractivity contribution in [2.45, 2.75) is 6.92 Å². The Kier molecular flexibility index (Phi) is 6.92. The van der Waals surface area contributed by atoms with Crippen LogP contribution in [-0.4, -0.2) is 0 Å². The van der Waals surface area contributed by atoms with Crippen LogP contribution in [0.4, 0.5) is 0 Å². The lowest BCUT2D eigenvalue weighted by Crippen LogP contribution is -1.92. The molecule has 0 amide bonds. The highest BCUT2D eigenvalue weighted by molar-refractivity contribution is 7.26. The zero-order chi connectivity index (χ0) is 35.0. The summed E-state index contributed by atoms with van der Waals surface area (Å²) in [5.41, 5.74) is 11.4. The molecular weight excluding hydrogens is 677 g/mol. The molecule has 0 saturated heterocycles. The number of aryl methyl sites for hydroxylation is 1. The topological polar surface area (TPSA) is 0 Å². The van der Waals surface area contributed by atoms with Gasteiger partial charge in [0.25, 0.3) is 0 Å². The Hall–Kier alpha value is -6.06. The van der Waals surface area contributed by atoms with Crippen molar-refractivity contribution in [3.05, 3.63) is 181 Å². The van der Waals surface area contributed by atoms with E-state index in [1.165, 1.54) is 112 Å². The average Bonchev–Trinajstić information content (AvgIpc) is 3.79. The monoisotopic (exact) mass is 708 g/mol. The fraction of sp³-hybridized carbons (Fsp3) is 0.0196. The Morgan fingerprint density at radius 3 is 1.15 bits per heavy atom. The van der Waals surface area contributed by atoms with Crippen LogP contribution in [0.2, 0.25) is 0 Å². The molecular formula is C51H32S2. The molecule has 0 bridgehead atoms. The molecule has 0 aliphatic carbocycles. The Morgan fingerprint density at radius 1 is 0.302 bits per heavy atom. The molecule has 0 fully saturated rings. The van der Waals surface area contributed by atoms with Gasteiger partial charge in [-0.25, -0.2) is 0 Å². The molecule has 0 atom stereocenters. The fourth-order valence-electron chi connectivity index (χ4n) is 8.50. The summed E-state index contributed by atoms with van der Waals surface area (Å²) in [4.78, 5) is 0. The maximum absolute atomic E-state index is 2.45. The van der Waals surface area contributed by atoms with E-state index in [1.54, 1.807) is 0 Å². The molecule has 2 aromatic heterocycles. The quantitative estimate of drug-likeness (QED) is 0.160. The van der Waals surface area contributed by atoms with Gasteiger partial charge in [0.2, 0.25) is 0 Å². The molecule has 2 heterocycles. The lowest BCUT2D eigenvalue weighted by molar-refractivity contribution is 1.47. The summed E-state index contributed by atoms with van der Waals surface area (Å²) in [6.07, 6.45) is 0. The van der Waals surface area contributed by atoms with Gasteiger partial charge in [0.1, 0.15) is 0 Å². The molecule has 0 saturated carbocycles. The average molecular weight is 709 g/mol. The third-order valence-corrected chi connectivity index (χ3v) is 13.4. The molecule has 0 spiro atoms. The first-order valence-corrected chi connectivity index (χ1v) is 19.8. The fourth-order valence-corrected chi connectivity index (χ4v) is 11.0. The first-order chi connectivity index (χ1) is 26.2. The van der Waals surface area contributed by atoms with Crippen LogP contribution in [0.1, 0.15) is 5.56 Å². The molecule has 0 radical (unpaired) electrons. The van der Waals surface area contributed by atoms with Crippen LogP contribution in [0, 0.1) is 6.92 Å². The molecule has 0 nitrogen and oxygen atoms in total. The maximum Gasteiger partial charge on any atom is 0.0433 e. The molecule has 0 unspecified atom stereocenters. The van der Waals surface area contributed by atoms with Crippen molar-refractivity contribution < 1.29 is 0 Å². The number of hydrogen-bond acceptors (Lipinski definition) is 2. The molecule has 53 heavy (non-hydrogen) atoms. The highest BCUT2D eigenvalue weighted by atomic mass is 32.1. The van der Waals surface area contributed by atoms with E-state index in [2.05, 4.69) is 183 Å².